The Morgan fingerprint density at radius 1 is 1.15 bits per heavy atom. The van der Waals surface area contributed by atoms with Crippen molar-refractivity contribution in [1.82, 2.24) is 15.1 Å². The lowest BCUT2D eigenvalue weighted by Gasteiger charge is -2.17. The first-order valence-corrected chi connectivity index (χ1v) is 6.63. The van der Waals surface area contributed by atoms with E-state index < -0.39 is 0 Å². The van der Waals surface area contributed by atoms with E-state index in [0.29, 0.717) is 0 Å². The van der Waals surface area contributed by atoms with Crippen LogP contribution in [0.4, 0.5) is 0 Å². The highest BCUT2D eigenvalue weighted by Crippen LogP contribution is 2.22. The van der Waals surface area contributed by atoms with Crippen molar-refractivity contribution in [3.63, 3.8) is 0 Å². The highest BCUT2D eigenvalue weighted by molar-refractivity contribution is 5.26. The van der Waals surface area contributed by atoms with Crippen LogP contribution < -0.4 is 5.32 Å². The molecule has 0 aliphatic rings. The van der Waals surface area contributed by atoms with Gasteiger partial charge >= 0.3 is 0 Å². The molecule has 0 aliphatic carbocycles. The minimum absolute atomic E-state index is 0.0427. The van der Waals surface area contributed by atoms with E-state index in [-0.39, 0.29) is 6.04 Å². The predicted octanol–water partition coefficient (Wildman–Crippen LogP) is 2.89. The fourth-order valence-electron chi connectivity index (χ4n) is 2.27. The molecule has 3 aromatic rings. The summed E-state index contributed by atoms with van der Waals surface area (Å²) in [4.78, 5) is 0. The molecule has 0 saturated carbocycles. The van der Waals surface area contributed by atoms with Crippen LogP contribution in [0, 0.1) is 0 Å². The number of nitrogens with zero attached hydrogens (tertiary/aromatic N) is 2. The second kappa shape index (κ2) is 5.75. The van der Waals surface area contributed by atoms with Gasteiger partial charge in [-0.1, -0.05) is 30.3 Å². The van der Waals surface area contributed by atoms with Gasteiger partial charge in [-0.2, -0.15) is 5.10 Å². The van der Waals surface area contributed by atoms with Crippen LogP contribution in [0.15, 0.2) is 65.4 Å². The van der Waals surface area contributed by atoms with Crippen molar-refractivity contribution in [3.05, 3.63) is 78.0 Å². The molecule has 1 N–H and O–H groups in total. The molecular weight excluding hydrogens is 250 g/mol. The first-order chi connectivity index (χ1) is 9.84. The number of hydrogen-bond donors (Lipinski definition) is 1. The monoisotopic (exact) mass is 267 g/mol. The molecule has 0 amide bonds. The number of furan rings is 1. The van der Waals surface area contributed by atoms with Gasteiger partial charge in [-0.3, -0.25) is 10.00 Å². The van der Waals surface area contributed by atoms with E-state index in [0.717, 1.165) is 18.0 Å². The number of benzene rings is 1. The van der Waals surface area contributed by atoms with E-state index >= 15 is 0 Å². The number of hydrogen-bond acceptors (Lipinski definition) is 3. The fourth-order valence-corrected chi connectivity index (χ4v) is 2.27. The first kappa shape index (κ1) is 12.7. The molecule has 2 aromatic heterocycles. The maximum Gasteiger partial charge on any atom is 0.125 e. The minimum Gasteiger partial charge on any atom is -0.467 e. The van der Waals surface area contributed by atoms with Crippen molar-refractivity contribution in [2.24, 2.45) is 7.05 Å². The quantitative estimate of drug-likeness (QED) is 0.773. The van der Waals surface area contributed by atoms with E-state index in [1.165, 1.54) is 5.56 Å². The smallest absolute Gasteiger partial charge is 0.125 e. The minimum atomic E-state index is 0.0427. The molecule has 4 heteroatoms. The second-order valence-corrected chi connectivity index (χ2v) is 4.69. The Labute approximate surface area is 118 Å². The third kappa shape index (κ3) is 2.65. The third-order valence-corrected chi connectivity index (χ3v) is 3.37. The normalized spacial score (nSPS) is 12.4. The lowest BCUT2D eigenvalue weighted by molar-refractivity contribution is 0.441. The summed E-state index contributed by atoms with van der Waals surface area (Å²) < 4.78 is 7.44. The molecule has 0 radical (unpaired) electrons. The topological polar surface area (TPSA) is 43.0 Å². The summed E-state index contributed by atoms with van der Waals surface area (Å²) in [6.07, 6.45) is 3.51. The van der Waals surface area contributed by atoms with Crippen LogP contribution in [-0.4, -0.2) is 9.78 Å². The average molecular weight is 267 g/mol. The van der Waals surface area contributed by atoms with Crippen molar-refractivity contribution < 1.29 is 4.42 Å². The standard InChI is InChI=1S/C16H17N3O/c1-19-14(9-10-18-19)12-17-16(15-8-5-11-20-15)13-6-3-2-4-7-13/h2-11,16-17H,12H2,1H3. The predicted molar refractivity (Wildman–Crippen MR) is 77.0 cm³/mol. The van der Waals surface area contributed by atoms with Gasteiger partial charge in [0.1, 0.15) is 5.76 Å². The SMILES string of the molecule is Cn1nccc1CNC(c1ccccc1)c1ccco1. The van der Waals surface area contributed by atoms with Gasteiger partial charge in [0.2, 0.25) is 0 Å². The van der Waals surface area contributed by atoms with Crippen LogP contribution in [-0.2, 0) is 13.6 Å². The van der Waals surface area contributed by atoms with Crippen LogP contribution in [0.1, 0.15) is 23.1 Å². The van der Waals surface area contributed by atoms with Gasteiger partial charge in [0.25, 0.3) is 0 Å². The molecule has 0 spiro atoms. The van der Waals surface area contributed by atoms with Crippen molar-refractivity contribution in [2.75, 3.05) is 0 Å². The molecule has 3 rings (SSSR count). The van der Waals surface area contributed by atoms with Gasteiger partial charge in [-0.05, 0) is 23.8 Å². The van der Waals surface area contributed by atoms with Crippen molar-refractivity contribution in [2.45, 2.75) is 12.6 Å². The maximum absolute atomic E-state index is 5.57. The van der Waals surface area contributed by atoms with Gasteiger partial charge < -0.3 is 4.42 Å². The van der Waals surface area contributed by atoms with Crippen molar-refractivity contribution in [3.8, 4) is 0 Å². The zero-order chi connectivity index (χ0) is 13.8. The molecular formula is C16H17N3O. The van der Waals surface area contributed by atoms with Gasteiger partial charge in [0.15, 0.2) is 0 Å². The van der Waals surface area contributed by atoms with Gasteiger partial charge in [0, 0.05) is 19.8 Å². The molecule has 0 fully saturated rings. The molecule has 20 heavy (non-hydrogen) atoms. The zero-order valence-corrected chi connectivity index (χ0v) is 11.4. The summed E-state index contributed by atoms with van der Waals surface area (Å²) >= 11 is 0. The van der Waals surface area contributed by atoms with Crippen LogP contribution in [0.25, 0.3) is 0 Å². The molecule has 1 unspecified atom stereocenters. The van der Waals surface area contributed by atoms with Crippen LogP contribution in [0.2, 0.25) is 0 Å². The van der Waals surface area contributed by atoms with Crippen LogP contribution >= 0.6 is 0 Å². The summed E-state index contributed by atoms with van der Waals surface area (Å²) in [6, 6.07) is 16.3. The molecule has 1 atom stereocenters. The maximum atomic E-state index is 5.57. The highest BCUT2D eigenvalue weighted by Gasteiger charge is 2.16. The molecule has 102 valence electrons. The highest BCUT2D eigenvalue weighted by atomic mass is 16.3. The molecule has 0 bridgehead atoms. The Bertz CT molecular complexity index is 643. The Balaban J connectivity index is 1.82. The lowest BCUT2D eigenvalue weighted by Crippen LogP contribution is -2.22. The summed E-state index contributed by atoms with van der Waals surface area (Å²) in [5, 5.41) is 7.71. The summed E-state index contributed by atoms with van der Waals surface area (Å²) in [5.41, 5.74) is 2.32. The first-order valence-electron chi connectivity index (χ1n) is 6.63. The number of aryl methyl sites for hydroxylation is 1. The van der Waals surface area contributed by atoms with E-state index in [1.807, 2.05) is 48.1 Å². The van der Waals surface area contributed by atoms with E-state index in [4.69, 9.17) is 4.42 Å². The van der Waals surface area contributed by atoms with E-state index in [2.05, 4.69) is 22.5 Å². The van der Waals surface area contributed by atoms with E-state index in [1.54, 1.807) is 12.5 Å². The summed E-state index contributed by atoms with van der Waals surface area (Å²) in [6.45, 7) is 0.733. The average Bonchev–Trinajstić information content (AvgIpc) is 3.13. The van der Waals surface area contributed by atoms with E-state index in [9.17, 15) is 0 Å². The Morgan fingerprint density at radius 3 is 2.65 bits per heavy atom. The summed E-state index contributed by atoms with van der Waals surface area (Å²) in [5.74, 6) is 0.915. The Morgan fingerprint density at radius 2 is 2.00 bits per heavy atom. The van der Waals surface area contributed by atoms with Crippen LogP contribution in [0.3, 0.4) is 0 Å². The third-order valence-electron chi connectivity index (χ3n) is 3.37. The van der Waals surface area contributed by atoms with Crippen molar-refractivity contribution >= 4 is 0 Å². The Kier molecular flexibility index (Phi) is 3.65. The number of rotatable bonds is 5. The molecule has 1 aromatic carbocycles. The molecule has 0 aliphatic heterocycles. The molecule has 2 heterocycles. The molecule has 4 nitrogen and oxygen atoms in total. The zero-order valence-electron chi connectivity index (χ0n) is 11.4. The van der Waals surface area contributed by atoms with Crippen LogP contribution in [0.5, 0.6) is 0 Å². The fraction of sp³-hybridized carbons (Fsp3) is 0.188. The molecule has 0 saturated heterocycles. The summed E-state index contributed by atoms with van der Waals surface area (Å²) in [7, 11) is 1.95. The lowest BCUT2D eigenvalue weighted by atomic mass is 10.0. The number of nitrogens with one attached hydrogen (secondary N) is 1. The van der Waals surface area contributed by atoms with Gasteiger partial charge in [-0.25, -0.2) is 0 Å². The second-order valence-electron chi connectivity index (χ2n) is 4.69. The number of aromatic nitrogens is 2. The largest absolute Gasteiger partial charge is 0.467 e. The van der Waals surface area contributed by atoms with Gasteiger partial charge in [-0.15, -0.1) is 0 Å². The van der Waals surface area contributed by atoms with Crippen molar-refractivity contribution in [1.29, 1.82) is 0 Å². The Hall–Kier alpha value is -2.33. The van der Waals surface area contributed by atoms with Gasteiger partial charge in [0.05, 0.1) is 18.0 Å².